The lowest BCUT2D eigenvalue weighted by atomic mass is 9.79. The van der Waals surface area contributed by atoms with Gasteiger partial charge >= 0.3 is 0 Å². The Labute approximate surface area is 120 Å². The number of rotatable bonds is 2. The molecule has 0 bridgehead atoms. The molecule has 106 valence electrons. The molecule has 1 aliphatic heterocycles. The molecular formula is C18H22O2. The maximum absolute atomic E-state index is 11.2. The van der Waals surface area contributed by atoms with E-state index in [0.717, 1.165) is 10.9 Å². The third-order valence-electron chi connectivity index (χ3n) is 4.42. The fourth-order valence-electron chi connectivity index (χ4n) is 3.18. The van der Waals surface area contributed by atoms with Crippen LogP contribution in [0, 0.1) is 5.92 Å². The Bertz CT molecular complexity index is 600. The molecule has 1 fully saturated rings. The Kier molecular flexibility index (Phi) is 3.53. The standard InChI is InChI=1S/C18H22O2/c1-13(2)17-12-18(19,10-11-20-17)16-9-5-7-14-6-3-4-8-15(14)16/h3-9,13,17,19H,10-12H2,1-2H3. The third-order valence-corrected chi connectivity index (χ3v) is 4.42. The van der Waals surface area contributed by atoms with Gasteiger partial charge in [-0.3, -0.25) is 0 Å². The molecule has 3 rings (SSSR count). The first-order valence-electron chi connectivity index (χ1n) is 7.42. The van der Waals surface area contributed by atoms with E-state index in [-0.39, 0.29) is 6.10 Å². The molecule has 2 atom stereocenters. The predicted octanol–water partition coefficient (Wildman–Crippen LogP) is 3.86. The molecule has 0 saturated carbocycles. The Balaban J connectivity index is 2.05. The van der Waals surface area contributed by atoms with Gasteiger partial charge in [0.25, 0.3) is 0 Å². The van der Waals surface area contributed by atoms with Gasteiger partial charge in [0, 0.05) is 12.8 Å². The summed E-state index contributed by atoms with van der Waals surface area (Å²) in [4.78, 5) is 0. The summed E-state index contributed by atoms with van der Waals surface area (Å²) in [7, 11) is 0. The quantitative estimate of drug-likeness (QED) is 0.898. The van der Waals surface area contributed by atoms with E-state index in [9.17, 15) is 5.11 Å². The first-order chi connectivity index (χ1) is 9.60. The zero-order valence-corrected chi connectivity index (χ0v) is 12.2. The summed E-state index contributed by atoms with van der Waals surface area (Å²) in [6, 6.07) is 14.5. The monoisotopic (exact) mass is 270 g/mol. The van der Waals surface area contributed by atoms with Gasteiger partial charge in [0.1, 0.15) is 0 Å². The average Bonchev–Trinajstić information content (AvgIpc) is 2.46. The van der Waals surface area contributed by atoms with Crippen molar-refractivity contribution in [1.82, 2.24) is 0 Å². The van der Waals surface area contributed by atoms with E-state index in [0.29, 0.717) is 25.4 Å². The van der Waals surface area contributed by atoms with E-state index < -0.39 is 5.60 Å². The van der Waals surface area contributed by atoms with Crippen molar-refractivity contribution in [3.63, 3.8) is 0 Å². The van der Waals surface area contributed by atoms with E-state index in [2.05, 4.69) is 38.1 Å². The third kappa shape index (κ3) is 2.34. The highest BCUT2D eigenvalue weighted by atomic mass is 16.5. The molecule has 0 radical (unpaired) electrons. The van der Waals surface area contributed by atoms with Crippen LogP contribution >= 0.6 is 0 Å². The van der Waals surface area contributed by atoms with Gasteiger partial charge in [-0.1, -0.05) is 56.3 Å². The number of hydrogen-bond donors (Lipinski definition) is 1. The molecule has 2 nitrogen and oxygen atoms in total. The Morgan fingerprint density at radius 2 is 1.90 bits per heavy atom. The second-order valence-corrected chi connectivity index (χ2v) is 6.17. The van der Waals surface area contributed by atoms with E-state index in [1.165, 1.54) is 5.39 Å². The van der Waals surface area contributed by atoms with Crippen molar-refractivity contribution in [1.29, 1.82) is 0 Å². The van der Waals surface area contributed by atoms with Crippen molar-refractivity contribution in [3.8, 4) is 0 Å². The lowest BCUT2D eigenvalue weighted by Crippen LogP contribution is -2.40. The Hall–Kier alpha value is -1.38. The Morgan fingerprint density at radius 1 is 1.15 bits per heavy atom. The van der Waals surface area contributed by atoms with Crippen LogP contribution in [-0.4, -0.2) is 17.8 Å². The zero-order valence-electron chi connectivity index (χ0n) is 12.2. The molecule has 1 N–H and O–H groups in total. The molecule has 1 saturated heterocycles. The van der Waals surface area contributed by atoms with Crippen LogP contribution in [0.25, 0.3) is 10.8 Å². The van der Waals surface area contributed by atoms with Gasteiger partial charge < -0.3 is 9.84 Å². The molecule has 2 unspecified atom stereocenters. The molecule has 20 heavy (non-hydrogen) atoms. The largest absolute Gasteiger partial charge is 0.385 e. The molecule has 2 aromatic rings. The normalized spacial score (nSPS) is 27.1. The molecule has 0 aromatic heterocycles. The summed E-state index contributed by atoms with van der Waals surface area (Å²) < 4.78 is 5.81. The highest BCUT2D eigenvalue weighted by Crippen LogP contribution is 2.39. The van der Waals surface area contributed by atoms with E-state index >= 15 is 0 Å². The molecule has 2 aromatic carbocycles. The predicted molar refractivity (Wildman–Crippen MR) is 81.7 cm³/mol. The summed E-state index contributed by atoms with van der Waals surface area (Å²) in [5, 5.41) is 13.5. The average molecular weight is 270 g/mol. The fourth-order valence-corrected chi connectivity index (χ4v) is 3.18. The first-order valence-corrected chi connectivity index (χ1v) is 7.42. The summed E-state index contributed by atoms with van der Waals surface area (Å²) in [5.74, 6) is 0.428. The van der Waals surface area contributed by atoms with Crippen molar-refractivity contribution >= 4 is 10.8 Å². The number of ether oxygens (including phenoxy) is 1. The molecule has 0 aliphatic carbocycles. The molecule has 2 heteroatoms. The molecule has 0 spiro atoms. The van der Waals surface area contributed by atoms with Crippen LogP contribution in [-0.2, 0) is 10.3 Å². The highest BCUT2D eigenvalue weighted by Gasteiger charge is 2.38. The van der Waals surface area contributed by atoms with Crippen molar-refractivity contribution in [2.45, 2.75) is 38.4 Å². The number of aliphatic hydroxyl groups is 1. The van der Waals surface area contributed by atoms with Crippen LogP contribution in [0.2, 0.25) is 0 Å². The topological polar surface area (TPSA) is 29.5 Å². The van der Waals surface area contributed by atoms with Crippen LogP contribution in [0.15, 0.2) is 42.5 Å². The SMILES string of the molecule is CC(C)C1CC(O)(c2cccc3ccccc23)CCO1. The second kappa shape index (κ2) is 5.19. The van der Waals surface area contributed by atoms with Gasteiger partial charge in [0.05, 0.1) is 18.3 Å². The Morgan fingerprint density at radius 3 is 2.70 bits per heavy atom. The minimum Gasteiger partial charge on any atom is -0.385 e. The van der Waals surface area contributed by atoms with Crippen LogP contribution in [0.1, 0.15) is 32.3 Å². The van der Waals surface area contributed by atoms with Gasteiger partial charge in [-0.2, -0.15) is 0 Å². The summed E-state index contributed by atoms with van der Waals surface area (Å²) in [6.07, 6.45) is 1.48. The molecule has 1 heterocycles. The van der Waals surface area contributed by atoms with Crippen LogP contribution in [0.5, 0.6) is 0 Å². The van der Waals surface area contributed by atoms with Gasteiger partial charge in [-0.15, -0.1) is 0 Å². The van der Waals surface area contributed by atoms with E-state index in [1.54, 1.807) is 0 Å². The van der Waals surface area contributed by atoms with Crippen molar-refractivity contribution < 1.29 is 9.84 Å². The maximum Gasteiger partial charge on any atom is 0.0949 e. The van der Waals surface area contributed by atoms with Crippen molar-refractivity contribution in [2.75, 3.05) is 6.61 Å². The van der Waals surface area contributed by atoms with Gasteiger partial charge in [-0.25, -0.2) is 0 Å². The van der Waals surface area contributed by atoms with E-state index in [1.807, 2.05) is 18.2 Å². The molecular weight excluding hydrogens is 248 g/mol. The molecule has 1 aliphatic rings. The van der Waals surface area contributed by atoms with Crippen LogP contribution < -0.4 is 0 Å². The van der Waals surface area contributed by atoms with Gasteiger partial charge in [0.15, 0.2) is 0 Å². The van der Waals surface area contributed by atoms with Gasteiger partial charge in [0.2, 0.25) is 0 Å². The van der Waals surface area contributed by atoms with Gasteiger partial charge in [-0.05, 0) is 22.3 Å². The highest BCUT2D eigenvalue weighted by molar-refractivity contribution is 5.86. The van der Waals surface area contributed by atoms with Crippen molar-refractivity contribution in [3.05, 3.63) is 48.0 Å². The lowest BCUT2D eigenvalue weighted by Gasteiger charge is -2.39. The van der Waals surface area contributed by atoms with E-state index in [4.69, 9.17) is 4.74 Å². The summed E-state index contributed by atoms with van der Waals surface area (Å²) in [6.45, 7) is 4.93. The minimum absolute atomic E-state index is 0.132. The lowest BCUT2D eigenvalue weighted by molar-refractivity contribution is -0.120. The van der Waals surface area contributed by atoms with Crippen LogP contribution in [0.4, 0.5) is 0 Å². The fraction of sp³-hybridized carbons (Fsp3) is 0.444. The number of fused-ring (bicyclic) bond motifs is 1. The smallest absolute Gasteiger partial charge is 0.0949 e. The number of benzene rings is 2. The maximum atomic E-state index is 11.2. The summed E-state index contributed by atoms with van der Waals surface area (Å²) >= 11 is 0. The first kappa shape index (κ1) is 13.6. The number of hydrogen-bond acceptors (Lipinski definition) is 2. The summed E-state index contributed by atoms with van der Waals surface area (Å²) in [5.41, 5.74) is 0.276. The minimum atomic E-state index is -0.770. The molecule has 0 amide bonds. The zero-order chi connectivity index (χ0) is 14.2. The second-order valence-electron chi connectivity index (χ2n) is 6.17. The van der Waals surface area contributed by atoms with Crippen LogP contribution in [0.3, 0.4) is 0 Å². The van der Waals surface area contributed by atoms with Crippen molar-refractivity contribution in [2.24, 2.45) is 5.92 Å².